The van der Waals surface area contributed by atoms with Gasteiger partial charge in [0.1, 0.15) is 0 Å². The first-order valence-corrected chi connectivity index (χ1v) is 6.57. The van der Waals surface area contributed by atoms with Crippen LogP contribution in [-0.2, 0) is 6.54 Å². The first kappa shape index (κ1) is 13.8. The highest BCUT2D eigenvalue weighted by molar-refractivity contribution is 5.96. The summed E-state index contributed by atoms with van der Waals surface area (Å²) in [5.74, 6) is 0.450. The van der Waals surface area contributed by atoms with Gasteiger partial charge in [-0.2, -0.15) is 0 Å². The van der Waals surface area contributed by atoms with Crippen LogP contribution in [0, 0.1) is 5.92 Å². The van der Waals surface area contributed by atoms with E-state index in [2.05, 4.69) is 17.0 Å². The lowest BCUT2D eigenvalue weighted by atomic mass is 9.96. The molecule has 2 atom stereocenters. The van der Waals surface area contributed by atoms with Crippen molar-refractivity contribution >= 4 is 5.84 Å². The van der Waals surface area contributed by atoms with E-state index >= 15 is 0 Å². The van der Waals surface area contributed by atoms with Gasteiger partial charge in [0.15, 0.2) is 5.84 Å². The van der Waals surface area contributed by atoms with Gasteiger partial charge in [-0.25, -0.2) is 0 Å². The van der Waals surface area contributed by atoms with Crippen molar-refractivity contribution < 1.29 is 10.3 Å². The molecule has 2 rings (SSSR count). The summed E-state index contributed by atoms with van der Waals surface area (Å²) in [5, 5.41) is 21.3. The Kier molecular flexibility index (Phi) is 4.39. The van der Waals surface area contributed by atoms with Gasteiger partial charge < -0.3 is 16.0 Å². The standard InChI is InChI=1S/C14H21N3O2/c1-10-8-17(7-6-13(10)18)9-11-2-4-12(5-3-11)14(15)16-19/h2-5,10,13,18-19H,6-9H2,1H3,(H2,15,16). The Morgan fingerprint density at radius 1 is 1.42 bits per heavy atom. The van der Waals surface area contributed by atoms with Gasteiger partial charge in [-0.15, -0.1) is 0 Å². The molecule has 0 aromatic heterocycles. The number of hydrogen-bond donors (Lipinski definition) is 3. The van der Waals surface area contributed by atoms with Crippen LogP contribution in [0.25, 0.3) is 0 Å². The fourth-order valence-electron chi connectivity index (χ4n) is 2.46. The molecule has 19 heavy (non-hydrogen) atoms. The Labute approximate surface area is 113 Å². The average Bonchev–Trinajstić information content (AvgIpc) is 2.43. The van der Waals surface area contributed by atoms with Crippen LogP contribution in [0.4, 0.5) is 0 Å². The lowest BCUT2D eigenvalue weighted by molar-refractivity contribution is 0.0320. The number of nitrogens with zero attached hydrogens (tertiary/aromatic N) is 2. The van der Waals surface area contributed by atoms with E-state index < -0.39 is 0 Å². The molecule has 5 heteroatoms. The predicted octanol–water partition coefficient (Wildman–Crippen LogP) is 0.984. The summed E-state index contributed by atoms with van der Waals surface area (Å²) >= 11 is 0. The molecule has 1 aromatic rings. The molecule has 0 bridgehead atoms. The fourth-order valence-corrected chi connectivity index (χ4v) is 2.46. The molecule has 104 valence electrons. The van der Waals surface area contributed by atoms with Crippen molar-refractivity contribution in [2.45, 2.75) is 26.0 Å². The van der Waals surface area contributed by atoms with Gasteiger partial charge >= 0.3 is 0 Å². The minimum absolute atomic E-state index is 0.126. The number of hydrogen-bond acceptors (Lipinski definition) is 4. The monoisotopic (exact) mass is 263 g/mol. The largest absolute Gasteiger partial charge is 0.409 e. The molecule has 0 saturated carbocycles. The third kappa shape index (κ3) is 3.45. The van der Waals surface area contributed by atoms with Crippen LogP contribution in [0.1, 0.15) is 24.5 Å². The second-order valence-corrected chi connectivity index (χ2v) is 5.25. The van der Waals surface area contributed by atoms with Gasteiger partial charge in [0.2, 0.25) is 0 Å². The highest BCUT2D eigenvalue weighted by Crippen LogP contribution is 2.18. The molecule has 1 aliphatic heterocycles. The van der Waals surface area contributed by atoms with Gasteiger partial charge in [0.05, 0.1) is 6.10 Å². The quantitative estimate of drug-likeness (QED) is 0.329. The number of benzene rings is 1. The van der Waals surface area contributed by atoms with Crippen LogP contribution < -0.4 is 5.73 Å². The third-order valence-corrected chi connectivity index (χ3v) is 3.71. The van der Waals surface area contributed by atoms with Gasteiger partial charge in [0.25, 0.3) is 0 Å². The number of likely N-dealkylation sites (tertiary alicyclic amines) is 1. The molecule has 1 saturated heterocycles. The topological polar surface area (TPSA) is 82.1 Å². The van der Waals surface area contributed by atoms with Crippen LogP contribution in [0.2, 0.25) is 0 Å². The van der Waals surface area contributed by atoms with Crippen LogP contribution in [0.15, 0.2) is 29.4 Å². The number of aliphatic hydroxyl groups is 1. The van der Waals surface area contributed by atoms with E-state index in [9.17, 15) is 5.11 Å². The minimum atomic E-state index is -0.167. The predicted molar refractivity (Wildman–Crippen MR) is 74.0 cm³/mol. The Bertz CT molecular complexity index is 445. The molecule has 0 amide bonds. The number of oxime groups is 1. The zero-order valence-corrected chi connectivity index (χ0v) is 11.2. The molecule has 1 aliphatic rings. The number of rotatable bonds is 3. The molecule has 0 spiro atoms. The van der Waals surface area contributed by atoms with Gasteiger partial charge in [-0.1, -0.05) is 36.3 Å². The van der Waals surface area contributed by atoms with Crippen LogP contribution >= 0.6 is 0 Å². The number of amidine groups is 1. The van der Waals surface area contributed by atoms with E-state index in [0.29, 0.717) is 11.5 Å². The Balaban J connectivity index is 1.96. The lowest BCUT2D eigenvalue weighted by Gasteiger charge is -2.34. The Morgan fingerprint density at radius 3 is 2.68 bits per heavy atom. The van der Waals surface area contributed by atoms with E-state index in [-0.39, 0.29) is 11.9 Å². The van der Waals surface area contributed by atoms with E-state index in [4.69, 9.17) is 10.9 Å². The summed E-state index contributed by atoms with van der Waals surface area (Å²) < 4.78 is 0. The van der Waals surface area contributed by atoms with Crippen LogP contribution in [0.5, 0.6) is 0 Å². The van der Waals surface area contributed by atoms with Crippen molar-refractivity contribution in [1.29, 1.82) is 0 Å². The molecule has 1 heterocycles. The van der Waals surface area contributed by atoms with E-state index in [1.54, 1.807) is 0 Å². The zero-order chi connectivity index (χ0) is 13.8. The van der Waals surface area contributed by atoms with Crippen molar-refractivity contribution in [3.63, 3.8) is 0 Å². The maximum atomic E-state index is 9.71. The van der Waals surface area contributed by atoms with Crippen LogP contribution in [-0.4, -0.2) is 40.2 Å². The first-order chi connectivity index (χ1) is 9.10. The molecule has 1 aromatic carbocycles. The molecular formula is C14H21N3O2. The normalized spacial score (nSPS) is 25.5. The first-order valence-electron chi connectivity index (χ1n) is 6.57. The number of piperidine rings is 1. The fraction of sp³-hybridized carbons (Fsp3) is 0.500. The van der Waals surface area contributed by atoms with Gasteiger partial charge in [-0.3, -0.25) is 4.90 Å². The van der Waals surface area contributed by atoms with Crippen molar-refractivity contribution in [2.75, 3.05) is 13.1 Å². The highest BCUT2D eigenvalue weighted by Gasteiger charge is 2.23. The number of aliphatic hydroxyl groups excluding tert-OH is 1. The smallest absolute Gasteiger partial charge is 0.170 e. The maximum Gasteiger partial charge on any atom is 0.170 e. The SMILES string of the molecule is CC1CN(Cc2ccc(/C(N)=N/O)cc2)CCC1O. The highest BCUT2D eigenvalue weighted by atomic mass is 16.4. The summed E-state index contributed by atoms with van der Waals surface area (Å²) in [4.78, 5) is 2.34. The van der Waals surface area contributed by atoms with Crippen molar-refractivity contribution in [2.24, 2.45) is 16.8 Å². The molecule has 4 N–H and O–H groups in total. The minimum Gasteiger partial charge on any atom is -0.409 e. The molecule has 0 radical (unpaired) electrons. The van der Waals surface area contributed by atoms with Crippen molar-refractivity contribution in [3.8, 4) is 0 Å². The van der Waals surface area contributed by atoms with Crippen molar-refractivity contribution in [1.82, 2.24) is 4.90 Å². The Hall–Kier alpha value is -1.59. The summed E-state index contributed by atoms with van der Waals surface area (Å²) in [6, 6.07) is 7.69. The summed E-state index contributed by atoms with van der Waals surface area (Å²) in [6.45, 7) is 4.79. The summed E-state index contributed by atoms with van der Waals surface area (Å²) in [6.07, 6.45) is 0.669. The average molecular weight is 263 g/mol. The maximum absolute atomic E-state index is 9.71. The van der Waals surface area contributed by atoms with Gasteiger partial charge in [0, 0.05) is 25.2 Å². The zero-order valence-electron chi connectivity index (χ0n) is 11.2. The summed E-state index contributed by atoms with van der Waals surface area (Å²) in [5.41, 5.74) is 7.43. The molecular weight excluding hydrogens is 242 g/mol. The van der Waals surface area contributed by atoms with E-state index in [0.717, 1.165) is 26.1 Å². The second-order valence-electron chi connectivity index (χ2n) is 5.25. The van der Waals surface area contributed by atoms with E-state index in [1.807, 2.05) is 24.3 Å². The number of nitrogens with two attached hydrogens (primary N) is 1. The Morgan fingerprint density at radius 2 is 2.11 bits per heavy atom. The molecule has 2 unspecified atom stereocenters. The molecule has 5 nitrogen and oxygen atoms in total. The van der Waals surface area contributed by atoms with Crippen LogP contribution in [0.3, 0.4) is 0 Å². The molecule has 1 fully saturated rings. The van der Waals surface area contributed by atoms with Gasteiger partial charge in [-0.05, 0) is 17.9 Å². The third-order valence-electron chi connectivity index (χ3n) is 3.71. The molecule has 0 aliphatic carbocycles. The van der Waals surface area contributed by atoms with E-state index in [1.165, 1.54) is 5.56 Å². The van der Waals surface area contributed by atoms with Crippen molar-refractivity contribution in [3.05, 3.63) is 35.4 Å². The lowest BCUT2D eigenvalue weighted by Crippen LogP contribution is -2.41. The second kappa shape index (κ2) is 6.04. The summed E-state index contributed by atoms with van der Waals surface area (Å²) in [7, 11) is 0.